The van der Waals surface area contributed by atoms with Gasteiger partial charge in [-0.15, -0.1) is 11.3 Å². The summed E-state index contributed by atoms with van der Waals surface area (Å²) in [5.41, 5.74) is 3.14. The van der Waals surface area contributed by atoms with Gasteiger partial charge in [0.25, 0.3) is 5.91 Å². The average molecular weight is 564 g/mol. The number of esters is 1. The zero-order valence-electron chi connectivity index (χ0n) is 22.0. The largest absolute Gasteiger partial charge is 0.462 e. The topological polar surface area (TPSA) is 106 Å². The molecule has 0 radical (unpaired) electrons. The van der Waals surface area contributed by atoms with E-state index in [2.05, 4.69) is 22.3 Å². The zero-order valence-corrected chi connectivity index (χ0v) is 23.6. The highest BCUT2D eigenvalue weighted by Crippen LogP contribution is 2.40. The van der Waals surface area contributed by atoms with Crippen LogP contribution in [0.1, 0.15) is 46.6 Å². The number of para-hydroxylation sites is 1. The van der Waals surface area contributed by atoms with E-state index in [1.807, 2.05) is 30.3 Å². The number of nitrogens with zero attached hydrogens (tertiary/aromatic N) is 4. The molecule has 0 fully saturated rings. The van der Waals surface area contributed by atoms with Crippen molar-refractivity contribution in [1.29, 1.82) is 0 Å². The third kappa shape index (κ3) is 5.84. The smallest absolute Gasteiger partial charge is 0.341 e. The normalized spacial score (nSPS) is 17.8. The van der Waals surface area contributed by atoms with Crippen molar-refractivity contribution in [3.05, 3.63) is 70.0 Å². The molecule has 3 heterocycles. The van der Waals surface area contributed by atoms with Crippen molar-refractivity contribution in [1.82, 2.24) is 9.78 Å². The Morgan fingerprint density at radius 2 is 2.08 bits per heavy atom. The molecule has 1 aliphatic heterocycles. The second kappa shape index (κ2) is 11.6. The van der Waals surface area contributed by atoms with Gasteiger partial charge in [-0.25, -0.2) is 9.79 Å². The SMILES string of the molecule is CCOC(=O)c1c(NC(=O)CSC2=N/C(=C/c3cnn(C)c3)C(=O)N2c2ccccc2)sc2c1CC[C@H](C)C2. The number of benzene rings is 1. The highest BCUT2D eigenvalue weighted by Gasteiger charge is 2.33. The van der Waals surface area contributed by atoms with Gasteiger partial charge in [0.15, 0.2) is 5.17 Å². The number of carbonyl (C=O) groups is 3. The first-order valence-corrected chi connectivity index (χ1v) is 14.6. The summed E-state index contributed by atoms with van der Waals surface area (Å²) in [5.74, 6) is -0.431. The molecule has 1 atom stereocenters. The number of hydrogen-bond donors (Lipinski definition) is 1. The van der Waals surface area contributed by atoms with Gasteiger partial charge in [-0.2, -0.15) is 5.10 Å². The number of thioether (sulfide) groups is 1. The fourth-order valence-corrected chi connectivity index (χ4v) is 6.85. The van der Waals surface area contributed by atoms with E-state index >= 15 is 0 Å². The van der Waals surface area contributed by atoms with E-state index in [1.165, 1.54) is 28.0 Å². The third-order valence-corrected chi connectivity index (χ3v) is 8.56. The number of nitrogens with one attached hydrogen (secondary N) is 1. The molecule has 2 aromatic heterocycles. The van der Waals surface area contributed by atoms with Crippen LogP contribution in [0.5, 0.6) is 0 Å². The van der Waals surface area contributed by atoms with Crippen LogP contribution in [0.2, 0.25) is 0 Å². The van der Waals surface area contributed by atoms with Crippen molar-refractivity contribution >= 4 is 62.8 Å². The molecule has 3 aromatic rings. The number of aromatic nitrogens is 2. The lowest BCUT2D eigenvalue weighted by atomic mass is 9.88. The molecule has 1 aromatic carbocycles. The van der Waals surface area contributed by atoms with Crippen LogP contribution < -0.4 is 10.2 Å². The van der Waals surface area contributed by atoms with Crippen molar-refractivity contribution < 1.29 is 19.1 Å². The van der Waals surface area contributed by atoms with E-state index in [-0.39, 0.29) is 29.9 Å². The lowest BCUT2D eigenvalue weighted by Gasteiger charge is -2.18. The number of fused-ring (bicyclic) bond motifs is 1. The molecule has 2 amide bonds. The monoisotopic (exact) mass is 563 g/mol. The molecular formula is C28H29N5O4S2. The summed E-state index contributed by atoms with van der Waals surface area (Å²) in [5, 5.41) is 8.02. The van der Waals surface area contributed by atoms with Gasteiger partial charge < -0.3 is 10.1 Å². The van der Waals surface area contributed by atoms with Crippen LogP contribution in [-0.2, 0) is 34.2 Å². The summed E-state index contributed by atoms with van der Waals surface area (Å²) in [7, 11) is 1.80. The quantitative estimate of drug-likeness (QED) is 0.324. The number of aliphatic imine (C=N–C) groups is 1. The minimum atomic E-state index is -0.404. The molecule has 5 rings (SSSR count). The number of aryl methyl sites for hydroxylation is 1. The molecule has 0 spiro atoms. The second-order valence-electron chi connectivity index (χ2n) is 9.46. The van der Waals surface area contributed by atoms with Crippen LogP contribution in [0, 0.1) is 5.92 Å². The van der Waals surface area contributed by atoms with Crippen molar-refractivity contribution in [2.75, 3.05) is 22.6 Å². The highest BCUT2D eigenvalue weighted by molar-refractivity contribution is 8.14. The maximum Gasteiger partial charge on any atom is 0.341 e. The number of amides is 2. The summed E-state index contributed by atoms with van der Waals surface area (Å²) in [6.07, 6.45) is 7.81. The standard InChI is InChI=1S/C28H29N5O4S2/c1-4-37-27(36)24-20-11-10-17(2)12-22(20)39-25(24)31-23(34)16-38-28-30-21(13-18-14-29-32(3)15-18)26(35)33(28)19-8-6-5-7-9-19/h5-9,13-15,17H,4,10-12,16H2,1-3H3,(H,31,34)/b21-13+/t17-/m0/s1. The zero-order chi connectivity index (χ0) is 27.5. The number of ether oxygens (including phenoxy) is 1. The molecule has 0 saturated heterocycles. The van der Waals surface area contributed by atoms with E-state index in [1.54, 1.807) is 37.1 Å². The minimum Gasteiger partial charge on any atom is -0.462 e. The maximum atomic E-state index is 13.3. The average Bonchev–Trinajstić information content (AvgIpc) is 3.58. The van der Waals surface area contributed by atoms with Crippen LogP contribution in [-0.4, -0.2) is 45.1 Å². The van der Waals surface area contributed by atoms with Gasteiger partial charge in [-0.1, -0.05) is 36.9 Å². The van der Waals surface area contributed by atoms with E-state index in [0.29, 0.717) is 27.3 Å². The van der Waals surface area contributed by atoms with E-state index in [4.69, 9.17) is 4.74 Å². The molecule has 39 heavy (non-hydrogen) atoms. The van der Waals surface area contributed by atoms with Crippen LogP contribution in [0.4, 0.5) is 10.7 Å². The van der Waals surface area contributed by atoms with Crippen molar-refractivity contribution in [2.45, 2.75) is 33.1 Å². The molecule has 9 nitrogen and oxygen atoms in total. The molecule has 1 aliphatic carbocycles. The lowest BCUT2D eigenvalue weighted by molar-refractivity contribution is -0.114. The molecule has 202 valence electrons. The molecular weight excluding hydrogens is 534 g/mol. The van der Waals surface area contributed by atoms with Crippen LogP contribution in [0.25, 0.3) is 6.08 Å². The summed E-state index contributed by atoms with van der Waals surface area (Å²) < 4.78 is 6.97. The highest BCUT2D eigenvalue weighted by atomic mass is 32.2. The molecule has 11 heteroatoms. The third-order valence-electron chi connectivity index (χ3n) is 6.45. The van der Waals surface area contributed by atoms with Gasteiger partial charge in [-0.05, 0) is 55.9 Å². The van der Waals surface area contributed by atoms with Crippen molar-refractivity contribution in [3.8, 4) is 0 Å². The fraction of sp³-hybridized carbons (Fsp3) is 0.321. The van der Waals surface area contributed by atoms with Gasteiger partial charge in [0.2, 0.25) is 5.91 Å². The Hall–Kier alpha value is -3.70. The molecule has 0 bridgehead atoms. The van der Waals surface area contributed by atoms with Gasteiger partial charge >= 0.3 is 5.97 Å². The van der Waals surface area contributed by atoms with Crippen molar-refractivity contribution in [3.63, 3.8) is 0 Å². The number of rotatable bonds is 7. The summed E-state index contributed by atoms with van der Waals surface area (Å²) in [4.78, 5) is 46.5. The Kier molecular flexibility index (Phi) is 7.99. The van der Waals surface area contributed by atoms with Crippen LogP contribution >= 0.6 is 23.1 Å². The van der Waals surface area contributed by atoms with Gasteiger partial charge in [0, 0.05) is 23.7 Å². The van der Waals surface area contributed by atoms with Gasteiger partial charge in [-0.3, -0.25) is 19.2 Å². The first-order chi connectivity index (χ1) is 18.8. The number of anilines is 2. The Labute approximate surface area is 234 Å². The summed E-state index contributed by atoms with van der Waals surface area (Å²) in [6, 6.07) is 9.21. The lowest BCUT2D eigenvalue weighted by Crippen LogP contribution is -2.31. The predicted octanol–water partition coefficient (Wildman–Crippen LogP) is 4.90. The molecule has 0 saturated carbocycles. The number of carbonyl (C=O) groups excluding carboxylic acids is 3. The Bertz CT molecular complexity index is 1470. The summed E-state index contributed by atoms with van der Waals surface area (Å²) >= 11 is 2.62. The fourth-order valence-electron chi connectivity index (χ4n) is 4.62. The Morgan fingerprint density at radius 3 is 2.79 bits per heavy atom. The van der Waals surface area contributed by atoms with E-state index in [0.717, 1.165) is 35.3 Å². The minimum absolute atomic E-state index is 0.0108. The number of amidine groups is 1. The second-order valence-corrected chi connectivity index (χ2v) is 11.5. The van der Waals surface area contributed by atoms with E-state index < -0.39 is 5.97 Å². The molecule has 0 unspecified atom stereocenters. The first kappa shape index (κ1) is 26.9. The maximum absolute atomic E-state index is 13.3. The van der Waals surface area contributed by atoms with Gasteiger partial charge in [0.05, 0.1) is 29.8 Å². The first-order valence-electron chi connectivity index (χ1n) is 12.8. The molecule has 2 aliphatic rings. The number of thiophene rings is 1. The molecule has 1 N–H and O–H groups in total. The van der Waals surface area contributed by atoms with E-state index in [9.17, 15) is 14.4 Å². The Morgan fingerprint density at radius 1 is 1.28 bits per heavy atom. The van der Waals surface area contributed by atoms with Gasteiger partial charge in [0.1, 0.15) is 10.7 Å². The number of hydrogen-bond acceptors (Lipinski definition) is 8. The van der Waals surface area contributed by atoms with Crippen LogP contribution in [0.15, 0.2) is 53.4 Å². The Balaban J connectivity index is 1.36. The van der Waals surface area contributed by atoms with Crippen LogP contribution in [0.3, 0.4) is 0 Å². The predicted molar refractivity (Wildman–Crippen MR) is 155 cm³/mol. The summed E-state index contributed by atoms with van der Waals surface area (Å²) in [6.45, 7) is 4.23. The van der Waals surface area contributed by atoms with Crippen molar-refractivity contribution in [2.24, 2.45) is 18.0 Å².